The molecule has 1 aromatic carbocycles. The smallest absolute Gasteiger partial charge is 0.329 e. The summed E-state index contributed by atoms with van der Waals surface area (Å²) in [6.07, 6.45) is 0.822. The van der Waals surface area contributed by atoms with Crippen LogP contribution in [0.4, 0.5) is 5.69 Å². The fourth-order valence-electron chi connectivity index (χ4n) is 3.97. The van der Waals surface area contributed by atoms with Crippen molar-refractivity contribution in [2.75, 3.05) is 37.6 Å². The van der Waals surface area contributed by atoms with Crippen molar-refractivity contribution in [3.63, 3.8) is 0 Å². The van der Waals surface area contributed by atoms with Crippen molar-refractivity contribution in [3.8, 4) is 0 Å². The first-order valence-corrected chi connectivity index (χ1v) is 10.9. The van der Waals surface area contributed by atoms with E-state index >= 15 is 0 Å². The van der Waals surface area contributed by atoms with Gasteiger partial charge in [0, 0.05) is 51.5 Å². The first-order chi connectivity index (χ1) is 15.4. The average molecular weight is 437 g/mol. The van der Waals surface area contributed by atoms with E-state index in [2.05, 4.69) is 49.4 Å². The molecule has 3 heterocycles. The van der Waals surface area contributed by atoms with Gasteiger partial charge in [0.2, 0.25) is 0 Å². The van der Waals surface area contributed by atoms with Gasteiger partial charge in [-0.2, -0.15) is 0 Å². The molecule has 1 unspecified atom stereocenters. The Morgan fingerprint density at radius 2 is 1.81 bits per heavy atom. The minimum Gasteiger partial charge on any atom is -0.369 e. The Morgan fingerprint density at radius 3 is 2.53 bits per heavy atom. The summed E-state index contributed by atoms with van der Waals surface area (Å²) in [5, 5.41) is 3.24. The maximum absolute atomic E-state index is 12.7. The summed E-state index contributed by atoms with van der Waals surface area (Å²) >= 11 is 0. The van der Waals surface area contributed by atoms with Crippen LogP contribution in [0.2, 0.25) is 0 Å². The molecule has 1 aliphatic heterocycles. The lowest BCUT2D eigenvalue weighted by atomic mass is 10.2. The van der Waals surface area contributed by atoms with Crippen LogP contribution in [0.5, 0.6) is 0 Å². The molecule has 0 spiro atoms. The number of hydrogen-bond acceptors (Lipinski definition) is 6. The molecule has 9 nitrogen and oxygen atoms in total. The molecule has 1 saturated heterocycles. The average Bonchev–Trinajstić information content (AvgIpc) is 2.82. The number of pyridine rings is 1. The van der Waals surface area contributed by atoms with Crippen LogP contribution >= 0.6 is 0 Å². The fraction of sp³-hybridized carbons (Fsp3) is 0.391. The van der Waals surface area contributed by atoms with Crippen LogP contribution in [0.15, 0.2) is 52.1 Å². The topological polar surface area (TPSA) is 103 Å². The van der Waals surface area contributed by atoms with Gasteiger partial charge in [-0.05, 0) is 37.6 Å². The van der Waals surface area contributed by atoms with E-state index < -0.39 is 11.2 Å². The van der Waals surface area contributed by atoms with Crippen LogP contribution in [0.3, 0.4) is 0 Å². The highest BCUT2D eigenvalue weighted by molar-refractivity contribution is 5.94. The molecule has 2 aromatic heterocycles. The van der Waals surface area contributed by atoms with Gasteiger partial charge in [0.15, 0.2) is 0 Å². The second-order valence-corrected chi connectivity index (χ2v) is 8.21. The number of nitrogens with one attached hydrogen (secondary N) is 2. The number of aromatic nitrogens is 3. The van der Waals surface area contributed by atoms with Crippen molar-refractivity contribution in [1.29, 1.82) is 0 Å². The zero-order valence-corrected chi connectivity index (χ0v) is 18.4. The van der Waals surface area contributed by atoms with E-state index in [-0.39, 0.29) is 28.7 Å². The number of carbonyl (C=O) groups excluding carboxylic acids is 1. The van der Waals surface area contributed by atoms with Gasteiger partial charge in [-0.3, -0.25) is 24.0 Å². The lowest BCUT2D eigenvalue weighted by Crippen LogP contribution is -2.47. The van der Waals surface area contributed by atoms with Crippen LogP contribution in [0.1, 0.15) is 23.8 Å². The molecule has 9 heteroatoms. The maximum atomic E-state index is 12.7. The molecule has 32 heavy (non-hydrogen) atoms. The monoisotopic (exact) mass is 436 g/mol. The summed E-state index contributed by atoms with van der Waals surface area (Å²) in [7, 11) is 1.51. The minimum atomic E-state index is -0.562. The highest BCUT2D eigenvalue weighted by Crippen LogP contribution is 2.15. The van der Waals surface area contributed by atoms with E-state index in [1.165, 1.54) is 29.4 Å². The second-order valence-electron chi connectivity index (χ2n) is 8.21. The Balaban J connectivity index is 1.30. The summed E-state index contributed by atoms with van der Waals surface area (Å²) in [4.78, 5) is 47.7. The van der Waals surface area contributed by atoms with Crippen LogP contribution < -0.4 is 21.5 Å². The van der Waals surface area contributed by atoms with Crippen molar-refractivity contribution >= 4 is 22.6 Å². The molecular formula is C23H28N6O3. The van der Waals surface area contributed by atoms with Gasteiger partial charge in [-0.25, -0.2) is 9.78 Å². The maximum Gasteiger partial charge on any atom is 0.329 e. The Hall–Kier alpha value is -3.46. The van der Waals surface area contributed by atoms with Gasteiger partial charge in [0.25, 0.3) is 11.5 Å². The highest BCUT2D eigenvalue weighted by atomic mass is 16.2. The molecule has 0 saturated carbocycles. The Kier molecular flexibility index (Phi) is 6.36. The predicted octanol–water partition coefficient (Wildman–Crippen LogP) is 0.952. The fourth-order valence-corrected chi connectivity index (χ4v) is 3.97. The Bertz CT molecular complexity index is 1210. The number of fused-ring (bicyclic) bond motifs is 1. The summed E-state index contributed by atoms with van der Waals surface area (Å²) in [6.45, 7) is 6.83. The summed E-state index contributed by atoms with van der Waals surface area (Å²) in [6, 6.07) is 13.4. The third-order valence-corrected chi connectivity index (χ3v) is 5.94. The molecule has 0 aliphatic carbocycles. The van der Waals surface area contributed by atoms with E-state index in [0.29, 0.717) is 0 Å². The predicted molar refractivity (Wildman–Crippen MR) is 124 cm³/mol. The Morgan fingerprint density at radius 1 is 1.09 bits per heavy atom. The standard InChI is InChI=1S/C23H28N6O3/c1-16(10-11-28-12-14-29(15-13-28)17-6-4-3-5-7-17)24-22(31)19-9-8-18-20(25-19)27(2)23(32)26-21(18)30/h3-9,16H,10-15H2,1-2H3,(H,24,31)(H,26,30,32). The van der Waals surface area contributed by atoms with Crippen molar-refractivity contribution in [3.05, 3.63) is 69.0 Å². The zero-order valence-electron chi connectivity index (χ0n) is 18.4. The second kappa shape index (κ2) is 9.35. The number of para-hydroxylation sites is 1. The number of hydrogen-bond donors (Lipinski definition) is 2. The van der Waals surface area contributed by atoms with E-state index in [4.69, 9.17) is 0 Å². The van der Waals surface area contributed by atoms with E-state index in [1.54, 1.807) is 0 Å². The van der Waals surface area contributed by atoms with Crippen molar-refractivity contribution in [2.45, 2.75) is 19.4 Å². The number of aryl methyl sites for hydroxylation is 1. The number of rotatable bonds is 6. The minimum absolute atomic E-state index is 0.0323. The number of piperazine rings is 1. The third-order valence-electron chi connectivity index (χ3n) is 5.94. The lowest BCUT2D eigenvalue weighted by molar-refractivity contribution is 0.0930. The van der Waals surface area contributed by atoms with Crippen LogP contribution in [-0.2, 0) is 7.05 Å². The SMILES string of the molecule is CC(CCN1CCN(c2ccccc2)CC1)NC(=O)c1ccc2c(=O)[nH]c(=O)n(C)c2n1. The van der Waals surface area contributed by atoms with Crippen LogP contribution in [0, 0.1) is 0 Å². The number of H-pyrrole nitrogens is 1. The molecule has 168 valence electrons. The van der Waals surface area contributed by atoms with Crippen molar-refractivity contribution in [2.24, 2.45) is 7.05 Å². The largest absolute Gasteiger partial charge is 0.369 e. The quantitative estimate of drug-likeness (QED) is 0.597. The molecule has 0 bridgehead atoms. The van der Waals surface area contributed by atoms with Crippen LogP contribution in [-0.4, -0.2) is 64.1 Å². The molecule has 4 rings (SSSR count). The van der Waals surface area contributed by atoms with Gasteiger partial charge in [0.1, 0.15) is 11.3 Å². The first kappa shape index (κ1) is 21.8. The summed E-state index contributed by atoms with van der Waals surface area (Å²) < 4.78 is 1.23. The molecule has 3 aromatic rings. The van der Waals surface area contributed by atoms with Crippen molar-refractivity contribution in [1.82, 2.24) is 24.8 Å². The van der Waals surface area contributed by atoms with E-state index in [9.17, 15) is 14.4 Å². The number of aromatic amines is 1. The zero-order chi connectivity index (χ0) is 22.7. The highest BCUT2D eigenvalue weighted by Gasteiger charge is 2.19. The summed E-state index contributed by atoms with van der Waals surface area (Å²) in [5.41, 5.74) is 0.559. The van der Waals surface area contributed by atoms with Gasteiger partial charge < -0.3 is 10.2 Å². The van der Waals surface area contributed by atoms with Gasteiger partial charge in [-0.1, -0.05) is 18.2 Å². The van der Waals surface area contributed by atoms with Gasteiger partial charge >= 0.3 is 5.69 Å². The van der Waals surface area contributed by atoms with E-state index in [1.807, 2.05) is 13.0 Å². The van der Waals surface area contributed by atoms with Gasteiger partial charge in [0.05, 0.1) is 5.39 Å². The third kappa shape index (κ3) is 4.72. The van der Waals surface area contributed by atoms with E-state index in [0.717, 1.165) is 39.1 Å². The number of benzene rings is 1. The number of amides is 1. The number of nitrogens with zero attached hydrogens (tertiary/aromatic N) is 4. The molecule has 1 aliphatic rings. The molecular weight excluding hydrogens is 408 g/mol. The summed E-state index contributed by atoms with van der Waals surface area (Å²) in [5.74, 6) is -0.318. The molecule has 1 fully saturated rings. The number of carbonyl (C=O) groups is 1. The molecule has 2 N–H and O–H groups in total. The normalized spacial score (nSPS) is 15.6. The molecule has 0 radical (unpaired) electrons. The molecule has 1 amide bonds. The van der Waals surface area contributed by atoms with Crippen LogP contribution in [0.25, 0.3) is 11.0 Å². The lowest BCUT2D eigenvalue weighted by Gasteiger charge is -2.36. The molecule has 1 atom stereocenters. The van der Waals surface area contributed by atoms with Crippen molar-refractivity contribution < 1.29 is 4.79 Å². The first-order valence-electron chi connectivity index (χ1n) is 10.9. The Labute approximate surface area is 185 Å². The van der Waals surface area contributed by atoms with Gasteiger partial charge in [-0.15, -0.1) is 0 Å². The number of anilines is 1.